The first kappa shape index (κ1) is 30.5. The Morgan fingerprint density at radius 2 is 1.81 bits per heavy atom. The molecule has 1 saturated heterocycles. The van der Waals surface area contributed by atoms with Crippen LogP contribution >= 0.6 is 0 Å². The molecule has 12 heteroatoms. The number of carbonyl (C=O) groups is 2. The summed E-state index contributed by atoms with van der Waals surface area (Å²) in [7, 11) is 3.65. The van der Waals surface area contributed by atoms with Crippen LogP contribution in [0.15, 0.2) is 15.3 Å². The number of hydrogen-bond acceptors (Lipinski definition) is 10. The first-order chi connectivity index (χ1) is 20.3. The van der Waals surface area contributed by atoms with Gasteiger partial charge in [0.05, 0.1) is 7.11 Å². The van der Waals surface area contributed by atoms with Gasteiger partial charge in [0, 0.05) is 61.8 Å². The minimum absolute atomic E-state index is 0.0598. The summed E-state index contributed by atoms with van der Waals surface area (Å²) in [5.41, 5.74) is 0.697. The van der Waals surface area contributed by atoms with Gasteiger partial charge in [0.15, 0.2) is 17.3 Å². The molecule has 1 fully saturated rings. The van der Waals surface area contributed by atoms with Gasteiger partial charge >= 0.3 is 6.09 Å². The predicted octanol–water partition coefficient (Wildman–Crippen LogP) is 3.35. The van der Waals surface area contributed by atoms with Crippen LogP contribution in [0.25, 0.3) is 0 Å². The first-order valence-electron chi connectivity index (χ1n) is 14.6. The van der Waals surface area contributed by atoms with Crippen LogP contribution in [-0.4, -0.2) is 73.1 Å². The van der Waals surface area contributed by atoms with Crippen molar-refractivity contribution in [2.45, 2.75) is 77.5 Å². The molecule has 2 aromatic rings. The number of likely N-dealkylation sites (tertiary alicyclic amines) is 1. The molecule has 0 spiro atoms. The molecule has 3 aliphatic rings. The molecular formula is C31H41N3O9. The Morgan fingerprint density at radius 1 is 1.12 bits per heavy atom. The lowest BCUT2D eigenvalue weighted by atomic mass is 9.72. The monoisotopic (exact) mass is 599 g/mol. The smallest absolute Gasteiger partial charge is 0.410 e. The van der Waals surface area contributed by atoms with Crippen LogP contribution in [0.5, 0.6) is 23.0 Å². The second kappa shape index (κ2) is 11.6. The maximum Gasteiger partial charge on any atom is 0.410 e. The Bertz CT molecular complexity index is 1470. The highest BCUT2D eigenvalue weighted by Crippen LogP contribution is 2.49. The molecule has 3 aliphatic heterocycles. The second-order valence-electron chi connectivity index (χ2n) is 12.6. The van der Waals surface area contributed by atoms with Gasteiger partial charge in [-0.1, -0.05) is 0 Å². The van der Waals surface area contributed by atoms with E-state index in [2.05, 4.69) is 10.2 Å². The molecule has 12 nitrogen and oxygen atoms in total. The number of amides is 2. The number of carbonyl (C=O) groups excluding carboxylic acids is 2. The third kappa shape index (κ3) is 6.11. The second-order valence-corrected chi connectivity index (χ2v) is 12.6. The van der Waals surface area contributed by atoms with E-state index >= 15 is 0 Å². The average Bonchev–Trinajstić information content (AvgIpc) is 3.42. The normalized spacial score (nSPS) is 17.8. The molecule has 0 atom stereocenters. The number of rotatable bonds is 6. The molecule has 0 saturated carbocycles. The number of ether oxygens (including phenoxy) is 4. The van der Waals surface area contributed by atoms with Crippen molar-refractivity contribution >= 4 is 12.0 Å². The van der Waals surface area contributed by atoms with Crippen molar-refractivity contribution in [3.8, 4) is 23.0 Å². The Hall–Kier alpha value is -3.93. The van der Waals surface area contributed by atoms with Crippen molar-refractivity contribution in [3.63, 3.8) is 0 Å². The molecule has 4 heterocycles. The molecular weight excluding hydrogens is 558 g/mol. The molecule has 0 unspecified atom stereocenters. The van der Waals surface area contributed by atoms with E-state index in [1.807, 2.05) is 7.05 Å². The highest BCUT2D eigenvalue weighted by Gasteiger charge is 2.44. The largest absolute Gasteiger partial charge is 0.502 e. The van der Waals surface area contributed by atoms with Gasteiger partial charge in [0.25, 0.3) is 0 Å². The molecule has 0 aliphatic carbocycles. The Balaban J connectivity index is 1.40. The SMILES string of the molecule is COc1c2c(c(CNC(=O)CC3(c4oc(C)cc(=O)c4O)CCN(C(=O)OC(C)(C)C)CC3)c3c1OCO3)CCN(C)C2. The molecule has 234 valence electrons. The third-order valence-electron chi connectivity index (χ3n) is 8.33. The lowest BCUT2D eigenvalue weighted by molar-refractivity contribution is -0.123. The topological polar surface area (TPSA) is 140 Å². The molecule has 2 N–H and O–H groups in total. The lowest BCUT2D eigenvalue weighted by Gasteiger charge is -2.41. The van der Waals surface area contributed by atoms with E-state index in [1.54, 1.807) is 39.7 Å². The van der Waals surface area contributed by atoms with Crippen molar-refractivity contribution in [3.05, 3.63) is 44.5 Å². The molecule has 1 aromatic heterocycles. The van der Waals surface area contributed by atoms with E-state index in [0.29, 0.717) is 29.6 Å². The third-order valence-corrected chi connectivity index (χ3v) is 8.33. The van der Waals surface area contributed by atoms with Gasteiger partial charge < -0.3 is 43.6 Å². The number of likely N-dealkylation sites (N-methyl/N-ethyl adjacent to an activating group) is 1. The fourth-order valence-electron chi connectivity index (χ4n) is 6.24. The van der Waals surface area contributed by atoms with Gasteiger partial charge in [-0.3, -0.25) is 9.59 Å². The van der Waals surface area contributed by atoms with Crippen LogP contribution in [0, 0.1) is 6.92 Å². The Labute approximate surface area is 250 Å². The fourth-order valence-corrected chi connectivity index (χ4v) is 6.24. The van der Waals surface area contributed by atoms with Crippen molar-refractivity contribution in [1.82, 2.24) is 15.1 Å². The van der Waals surface area contributed by atoms with Gasteiger partial charge in [-0.25, -0.2) is 4.79 Å². The van der Waals surface area contributed by atoms with Crippen LogP contribution in [0.4, 0.5) is 4.79 Å². The summed E-state index contributed by atoms with van der Waals surface area (Å²) in [4.78, 5) is 42.8. The number of methoxy groups -OCH3 is 1. The molecule has 2 amide bonds. The van der Waals surface area contributed by atoms with Crippen LogP contribution < -0.4 is 25.0 Å². The minimum atomic E-state index is -1.01. The zero-order valence-electron chi connectivity index (χ0n) is 25.8. The van der Waals surface area contributed by atoms with E-state index in [0.717, 1.165) is 29.7 Å². The quantitative estimate of drug-likeness (QED) is 0.508. The van der Waals surface area contributed by atoms with Crippen molar-refractivity contribution in [2.24, 2.45) is 0 Å². The van der Waals surface area contributed by atoms with E-state index in [1.165, 1.54) is 6.07 Å². The van der Waals surface area contributed by atoms with Crippen LogP contribution in [0.1, 0.15) is 68.2 Å². The van der Waals surface area contributed by atoms with Gasteiger partial charge in [-0.15, -0.1) is 0 Å². The number of aromatic hydroxyl groups is 1. The Kier molecular flexibility index (Phi) is 8.26. The van der Waals surface area contributed by atoms with Gasteiger partial charge in [-0.2, -0.15) is 0 Å². The van der Waals surface area contributed by atoms with E-state index in [4.69, 9.17) is 23.4 Å². The standard InChI is InChI=1S/C31H41N3O9/c1-18-13-22(35)24(37)28(42-18)31(8-11-34(12-9-31)29(38)43-30(2,3)4)14-23(36)32-15-20-19-7-10-33(5)16-21(19)25(39-6)27-26(20)40-17-41-27/h13,37H,7-12,14-17H2,1-6H3,(H,32,36). The number of fused-ring (bicyclic) bond motifs is 2. The highest BCUT2D eigenvalue weighted by molar-refractivity contribution is 5.78. The molecule has 0 radical (unpaired) electrons. The zero-order valence-corrected chi connectivity index (χ0v) is 25.8. The summed E-state index contributed by atoms with van der Waals surface area (Å²) >= 11 is 0. The molecule has 0 bridgehead atoms. The van der Waals surface area contributed by atoms with Gasteiger partial charge in [0.1, 0.15) is 11.4 Å². The average molecular weight is 600 g/mol. The summed E-state index contributed by atoms with van der Waals surface area (Å²) in [5, 5.41) is 13.9. The summed E-state index contributed by atoms with van der Waals surface area (Å²) in [6, 6.07) is 1.22. The van der Waals surface area contributed by atoms with Crippen LogP contribution in [-0.2, 0) is 34.5 Å². The highest BCUT2D eigenvalue weighted by atomic mass is 16.7. The first-order valence-corrected chi connectivity index (χ1v) is 14.6. The number of nitrogens with one attached hydrogen (secondary N) is 1. The van der Waals surface area contributed by atoms with Crippen LogP contribution in [0.3, 0.4) is 0 Å². The van der Waals surface area contributed by atoms with Gasteiger partial charge in [-0.05, 0) is 59.6 Å². The number of benzene rings is 1. The lowest BCUT2D eigenvalue weighted by Crippen LogP contribution is -2.48. The minimum Gasteiger partial charge on any atom is -0.502 e. The number of piperidine rings is 1. The molecule has 43 heavy (non-hydrogen) atoms. The van der Waals surface area contributed by atoms with Gasteiger partial charge in [0.2, 0.25) is 29.6 Å². The summed E-state index contributed by atoms with van der Waals surface area (Å²) in [6.07, 6.45) is 0.824. The van der Waals surface area contributed by atoms with Crippen molar-refractivity contribution < 1.29 is 38.1 Å². The predicted molar refractivity (Wildman–Crippen MR) is 156 cm³/mol. The van der Waals surface area contributed by atoms with Crippen molar-refractivity contribution in [2.75, 3.05) is 40.6 Å². The summed E-state index contributed by atoms with van der Waals surface area (Å²) < 4.78 is 28.8. The van der Waals surface area contributed by atoms with E-state index in [-0.39, 0.29) is 57.4 Å². The Morgan fingerprint density at radius 3 is 2.49 bits per heavy atom. The number of aryl methyl sites for hydroxylation is 1. The van der Waals surface area contributed by atoms with Crippen LogP contribution in [0.2, 0.25) is 0 Å². The number of nitrogens with zero attached hydrogens (tertiary/aromatic N) is 2. The summed E-state index contributed by atoms with van der Waals surface area (Å²) in [5.74, 6) is 1.36. The van der Waals surface area contributed by atoms with E-state index in [9.17, 15) is 19.5 Å². The fraction of sp³-hybridized carbons (Fsp3) is 0.581. The van der Waals surface area contributed by atoms with E-state index < -0.39 is 28.3 Å². The summed E-state index contributed by atoms with van der Waals surface area (Å²) in [6.45, 7) is 9.34. The van der Waals surface area contributed by atoms with Crippen molar-refractivity contribution in [1.29, 1.82) is 0 Å². The maximum atomic E-state index is 13.7. The maximum absolute atomic E-state index is 13.7. The molecule has 1 aromatic carbocycles. The number of hydrogen-bond donors (Lipinski definition) is 2. The zero-order chi connectivity index (χ0) is 31.1. The molecule has 5 rings (SSSR count).